The van der Waals surface area contributed by atoms with Crippen LogP contribution in [0.15, 0.2) is 23.0 Å². The second kappa shape index (κ2) is 6.42. The van der Waals surface area contributed by atoms with Crippen molar-refractivity contribution in [2.45, 2.75) is 39.3 Å². The highest BCUT2D eigenvalue weighted by Gasteiger charge is 2.22. The minimum Gasteiger partial charge on any atom is -0.310 e. The lowest BCUT2D eigenvalue weighted by molar-refractivity contribution is 0.238. The molecular weight excluding hydrogens is 317 g/mol. The Hall–Kier alpha value is -1.72. The molecule has 1 aromatic heterocycles. The smallest absolute Gasteiger partial charge is 0.255 e. The minimum absolute atomic E-state index is 0.0880. The van der Waals surface area contributed by atoms with Gasteiger partial charge in [-0.1, -0.05) is 37.6 Å². The van der Waals surface area contributed by atoms with Crippen LogP contribution in [0.5, 0.6) is 0 Å². The molecule has 6 heteroatoms. The van der Waals surface area contributed by atoms with Crippen LogP contribution in [-0.2, 0) is 19.5 Å². The van der Waals surface area contributed by atoms with E-state index in [9.17, 15) is 9.18 Å². The number of aromatic amines is 1. The molecule has 0 saturated carbocycles. The summed E-state index contributed by atoms with van der Waals surface area (Å²) in [4.78, 5) is 21.8. The first-order valence-corrected chi connectivity index (χ1v) is 8.10. The first-order valence-electron chi connectivity index (χ1n) is 7.73. The fraction of sp³-hybridized carbons (Fsp3) is 0.412. The molecule has 3 rings (SSSR count). The fourth-order valence-corrected chi connectivity index (χ4v) is 3.01. The predicted octanol–water partition coefficient (Wildman–Crippen LogP) is 3.24. The maximum absolute atomic E-state index is 14.0. The topological polar surface area (TPSA) is 49.0 Å². The van der Waals surface area contributed by atoms with Gasteiger partial charge in [0.05, 0.1) is 16.3 Å². The van der Waals surface area contributed by atoms with E-state index in [2.05, 4.69) is 9.97 Å². The highest BCUT2D eigenvalue weighted by Crippen LogP contribution is 2.22. The van der Waals surface area contributed by atoms with Crippen LogP contribution in [0.25, 0.3) is 0 Å². The van der Waals surface area contributed by atoms with Crippen molar-refractivity contribution >= 4 is 11.6 Å². The Morgan fingerprint density at radius 2 is 2.22 bits per heavy atom. The van der Waals surface area contributed by atoms with Crippen molar-refractivity contribution in [3.8, 4) is 0 Å². The third-order valence-electron chi connectivity index (χ3n) is 4.14. The first kappa shape index (κ1) is 16.1. The number of fused-ring (bicyclic) bond motifs is 1. The van der Waals surface area contributed by atoms with E-state index in [1.165, 1.54) is 6.07 Å². The van der Waals surface area contributed by atoms with Crippen molar-refractivity contribution in [3.63, 3.8) is 0 Å². The summed E-state index contributed by atoms with van der Waals surface area (Å²) in [7, 11) is 0. The van der Waals surface area contributed by atoms with Crippen molar-refractivity contribution < 1.29 is 4.39 Å². The van der Waals surface area contributed by atoms with E-state index in [0.717, 1.165) is 18.1 Å². The molecule has 1 aliphatic rings. The van der Waals surface area contributed by atoms with Crippen molar-refractivity contribution in [2.75, 3.05) is 6.54 Å². The third kappa shape index (κ3) is 3.31. The number of hydrogen-bond donors (Lipinski definition) is 1. The van der Waals surface area contributed by atoms with Gasteiger partial charge in [-0.15, -0.1) is 0 Å². The second-order valence-corrected chi connectivity index (χ2v) is 6.61. The predicted molar refractivity (Wildman–Crippen MR) is 88.2 cm³/mol. The molecule has 0 fully saturated rings. The Morgan fingerprint density at radius 1 is 1.43 bits per heavy atom. The summed E-state index contributed by atoms with van der Waals surface area (Å²) in [6.07, 6.45) is 0.696. The molecule has 0 saturated heterocycles. The van der Waals surface area contributed by atoms with Crippen LogP contribution in [0.1, 0.15) is 42.4 Å². The molecule has 0 unspecified atom stereocenters. The van der Waals surface area contributed by atoms with E-state index in [0.29, 0.717) is 30.6 Å². The Morgan fingerprint density at radius 3 is 2.96 bits per heavy atom. The van der Waals surface area contributed by atoms with Gasteiger partial charge in [-0.2, -0.15) is 0 Å². The maximum Gasteiger partial charge on any atom is 0.255 e. The summed E-state index contributed by atoms with van der Waals surface area (Å²) in [5, 5.41) is 0.126. The van der Waals surface area contributed by atoms with Crippen molar-refractivity contribution in [1.82, 2.24) is 14.9 Å². The Kier molecular flexibility index (Phi) is 4.50. The van der Waals surface area contributed by atoms with Gasteiger partial charge < -0.3 is 4.98 Å². The van der Waals surface area contributed by atoms with Gasteiger partial charge in [0.2, 0.25) is 0 Å². The van der Waals surface area contributed by atoms with Crippen molar-refractivity contribution in [3.05, 3.63) is 62.0 Å². The second-order valence-electron chi connectivity index (χ2n) is 6.20. The van der Waals surface area contributed by atoms with E-state index < -0.39 is 0 Å². The van der Waals surface area contributed by atoms with E-state index in [1.54, 1.807) is 12.1 Å². The average molecular weight is 336 g/mol. The molecule has 0 bridgehead atoms. The molecule has 0 amide bonds. The molecule has 1 aromatic carbocycles. The molecule has 0 aliphatic carbocycles. The van der Waals surface area contributed by atoms with Crippen LogP contribution in [0.3, 0.4) is 0 Å². The molecule has 122 valence electrons. The van der Waals surface area contributed by atoms with Gasteiger partial charge in [-0.3, -0.25) is 9.69 Å². The number of nitrogens with one attached hydrogen (secondary N) is 1. The SMILES string of the molecule is CC(C)c1nc2c(c(=O)[nH]1)CN(Cc1cccc(Cl)c1F)CC2. The minimum atomic E-state index is -0.387. The standard InChI is InChI=1S/C17H19ClFN3O/c1-10(2)16-20-14-6-7-22(9-12(14)17(23)21-16)8-11-4-3-5-13(18)15(11)19/h3-5,10H,6-9H2,1-2H3,(H,20,21,23). The van der Waals surface area contributed by atoms with Gasteiger partial charge in [0, 0.05) is 37.5 Å². The van der Waals surface area contributed by atoms with Crippen molar-refractivity contribution in [2.24, 2.45) is 0 Å². The summed E-state index contributed by atoms with van der Waals surface area (Å²) < 4.78 is 14.0. The first-order chi connectivity index (χ1) is 11.0. The number of nitrogens with zero attached hydrogens (tertiary/aromatic N) is 2. The van der Waals surface area contributed by atoms with E-state index >= 15 is 0 Å². The molecule has 0 spiro atoms. The van der Waals surface area contributed by atoms with Gasteiger partial charge in [-0.25, -0.2) is 9.37 Å². The zero-order valence-electron chi connectivity index (χ0n) is 13.2. The van der Waals surface area contributed by atoms with E-state index in [4.69, 9.17) is 11.6 Å². The molecule has 1 aliphatic heterocycles. The monoisotopic (exact) mass is 335 g/mol. The number of aromatic nitrogens is 2. The van der Waals surface area contributed by atoms with Crippen LogP contribution in [0.4, 0.5) is 4.39 Å². The maximum atomic E-state index is 14.0. The zero-order chi connectivity index (χ0) is 16.6. The Bertz CT molecular complexity index is 788. The van der Waals surface area contributed by atoms with Crippen LogP contribution in [0, 0.1) is 5.82 Å². The molecule has 2 heterocycles. The van der Waals surface area contributed by atoms with E-state index in [1.807, 2.05) is 18.7 Å². The number of rotatable bonds is 3. The normalized spacial score (nSPS) is 15.0. The van der Waals surface area contributed by atoms with Gasteiger partial charge in [0.1, 0.15) is 11.6 Å². The van der Waals surface area contributed by atoms with Gasteiger partial charge >= 0.3 is 0 Å². The fourth-order valence-electron chi connectivity index (χ4n) is 2.82. The lowest BCUT2D eigenvalue weighted by Gasteiger charge is -2.28. The summed E-state index contributed by atoms with van der Waals surface area (Å²) in [5.74, 6) is 0.525. The number of hydrogen-bond acceptors (Lipinski definition) is 3. The Balaban J connectivity index is 1.83. The molecule has 4 nitrogen and oxygen atoms in total. The van der Waals surface area contributed by atoms with Crippen LogP contribution >= 0.6 is 11.6 Å². The van der Waals surface area contributed by atoms with Crippen molar-refractivity contribution in [1.29, 1.82) is 0 Å². The Labute approximate surface area is 139 Å². The quantitative estimate of drug-likeness (QED) is 0.936. The molecule has 0 radical (unpaired) electrons. The number of benzene rings is 1. The number of halogens is 2. The van der Waals surface area contributed by atoms with Crippen LogP contribution < -0.4 is 5.56 Å². The third-order valence-corrected chi connectivity index (χ3v) is 4.43. The largest absolute Gasteiger partial charge is 0.310 e. The van der Waals surface area contributed by atoms with E-state index in [-0.39, 0.29) is 22.3 Å². The molecular formula is C17H19ClFN3O. The number of H-pyrrole nitrogens is 1. The van der Waals surface area contributed by atoms with Gasteiger partial charge in [-0.05, 0) is 6.07 Å². The molecule has 1 N–H and O–H groups in total. The molecule has 2 aromatic rings. The molecule has 23 heavy (non-hydrogen) atoms. The zero-order valence-corrected chi connectivity index (χ0v) is 14.0. The van der Waals surface area contributed by atoms with Crippen LogP contribution in [-0.4, -0.2) is 21.4 Å². The highest BCUT2D eigenvalue weighted by molar-refractivity contribution is 6.30. The average Bonchev–Trinajstić information content (AvgIpc) is 2.52. The van der Waals surface area contributed by atoms with Crippen LogP contribution in [0.2, 0.25) is 5.02 Å². The summed E-state index contributed by atoms with van der Waals surface area (Å²) in [6, 6.07) is 5.00. The summed E-state index contributed by atoms with van der Waals surface area (Å²) >= 11 is 5.83. The van der Waals surface area contributed by atoms with Gasteiger partial charge in [0.15, 0.2) is 0 Å². The lowest BCUT2D eigenvalue weighted by atomic mass is 10.0. The lowest BCUT2D eigenvalue weighted by Crippen LogP contribution is -2.36. The van der Waals surface area contributed by atoms with Gasteiger partial charge in [0.25, 0.3) is 5.56 Å². The summed E-state index contributed by atoms with van der Waals surface area (Å²) in [6.45, 7) is 5.65. The highest BCUT2D eigenvalue weighted by atomic mass is 35.5. The summed E-state index contributed by atoms with van der Waals surface area (Å²) in [5.41, 5.74) is 2.00. The molecule has 0 atom stereocenters.